The van der Waals surface area contributed by atoms with E-state index < -0.39 is 0 Å². The highest BCUT2D eigenvalue weighted by atomic mass is 16.5. The van der Waals surface area contributed by atoms with Gasteiger partial charge in [-0.05, 0) is 32.1 Å². The van der Waals surface area contributed by atoms with Gasteiger partial charge in [-0.2, -0.15) is 0 Å². The minimum absolute atomic E-state index is 0.321. The molecular formula is C36H70O4. The zero-order valence-corrected chi connectivity index (χ0v) is 27.4. The van der Waals surface area contributed by atoms with Crippen molar-refractivity contribution < 1.29 is 19.0 Å². The summed E-state index contributed by atoms with van der Waals surface area (Å²) in [5, 5.41) is 0. The molecule has 0 bridgehead atoms. The topological polar surface area (TPSA) is 44.8 Å². The van der Waals surface area contributed by atoms with E-state index in [4.69, 9.17) is 14.2 Å². The molecular weight excluding hydrogens is 496 g/mol. The molecule has 4 nitrogen and oxygen atoms in total. The van der Waals surface area contributed by atoms with Crippen LogP contribution >= 0.6 is 0 Å². The second kappa shape index (κ2) is 32.6. The summed E-state index contributed by atoms with van der Waals surface area (Å²) >= 11 is 0. The molecule has 0 aliphatic carbocycles. The van der Waals surface area contributed by atoms with Crippen molar-refractivity contribution in [2.75, 3.05) is 33.0 Å². The maximum atomic E-state index is 11.4. The quantitative estimate of drug-likeness (QED) is 0.0450. The first-order valence-electron chi connectivity index (χ1n) is 17.6. The number of carbonyl (C=O) groups is 1. The molecule has 0 aromatic rings. The zero-order valence-electron chi connectivity index (χ0n) is 27.4. The van der Waals surface area contributed by atoms with Crippen molar-refractivity contribution in [2.24, 2.45) is 5.92 Å². The molecule has 0 amide bonds. The van der Waals surface area contributed by atoms with Crippen molar-refractivity contribution in [1.82, 2.24) is 0 Å². The number of hydrogen-bond acceptors (Lipinski definition) is 4. The Morgan fingerprint density at radius 1 is 0.525 bits per heavy atom. The third-order valence-corrected chi connectivity index (χ3v) is 7.88. The maximum Gasteiger partial charge on any atom is 0.333 e. The molecule has 0 radical (unpaired) electrons. The van der Waals surface area contributed by atoms with E-state index in [9.17, 15) is 4.79 Å². The molecule has 40 heavy (non-hydrogen) atoms. The van der Waals surface area contributed by atoms with Gasteiger partial charge in [0.2, 0.25) is 0 Å². The second-order valence-electron chi connectivity index (χ2n) is 12.1. The summed E-state index contributed by atoms with van der Waals surface area (Å²) in [5.74, 6) is 0.394. The number of ether oxygens (including phenoxy) is 3. The maximum absolute atomic E-state index is 11.4. The van der Waals surface area contributed by atoms with E-state index in [1.165, 1.54) is 141 Å². The normalized spacial score (nSPS) is 12.1. The summed E-state index contributed by atoms with van der Waals surface area (Å²) < 4.78 is 16.9. The third-order valence-electron chi connectivity index (χ3n) is 7.88. The Hall–Kier alpha value is -0.870. The van der Waals surface area contributed by atoms with Crippen LogP contribution in [0.4, 0.5) is 0 Å². The molecule has 1 unspecified atom stereocenters. The van der Waals surface area contributed by atoms with Gasteiger partial charge in [0.25, 0.3) is 0 Å². The number of unbranched alkanes of at least 4 members (excludes halogenated alkanes) is 18. The molecule has 1 atom stereocenters. The van der Waals surface area contributed by atoms with Crippen molar-refractivity contribution in [2.45, 2.75) is 175 Å². The molecule has 4 heteroatoms. The van der Waals surface area contributed by atoms with E-state index in [0.29, 0.717) is 31.3 Å². The van der Waals surface area contributed by atoms with Crippen LogP contribution in [0.25, 0.3) is 0 Å². The highest BCUT2D eigenvalue weighted by molar-refractivity contribution is 5.86. The van der Waals surface area contributed by atoms with Crippen LogP contribution < -0.4 is 0 Å². The van der Waals surface area contributed by atoms with Crippen LogP contribution in [0.2, 0.25) is 0 Å². The Labute approximate surface area is 250 Å². The van der Waals surface area contributed by atoms with Crippen molar-refractivity contribution in [3.8, 4) is 0 Å². The fraction of sp³-hybridized carbons (Fsp3) is 0.917. The summed E-state index contributed by atoms with van der Waals surface area (Å²) in [6.45, 7) is 13.2. The zero-order chi connectivity index (χ0) is 29.4. The van der Waals surface area contributed by atoms with Gasteiger partial charge >= 0.3 is 5.97 Å². The molecule has 0 N–H and O–H groups in total. The summed E-state index contributed by atoms with van der Waals surface area (Å²) in [6.07, 6.45) is 32.4. The van der Waals surface area contributed by atoms with Crippen molar-refractivity contribution in [1.29, 1.82) is 0 Å². The van der Waals surface area contributed by atoms with Crippen molar-refractivity contribution >= 4 is 5.97 Å². The van der Waals surface area contributed by atoms with Gasteiger partial charge in [0.05, 0.1) is 6.61 Å². The Bertz CT molecular complexity index is 533. The van der Waals surface area contributed by atoms with E-state index in [0.717, 1.165) is 26.1 Å². The van der Waals surface area contributed by atoms with Crippen LogP contribution in [-0.4, -0.2) is 39.0 Å². The number of carbonyl (C=O) groups excluding carboxylic acids is 1. The van der Waals surface area contributed by atoms with E-state index in [2.05, 4.69) is 20.4 Å². The lowest BCUT2D eigenvalue weighted by Crippen LogP contribution is -2.12. The van der Waals surface area contributed by atoms with Gasteiger partial charge in [0.1, 0.15) is 0 Å². The average molecular weight is 567 g/mol. The van der Waals surface area contributed by atoms with Gasteiger partial charge < -0.3 is 14.2 Å². The van der Waals surface area contributed by atoms with Crippen LogP contribution in [-0.2, 0) is 19.0 Å². The molecule has 0 saturated carbocycles. The van der Waals surface area contributed by atoms with Crippen LogP contribution in [0.15, 0.2) is 12.2 Å². The van der Waals surface area contributed by atoms with Gasteiger partial charge in [0, 0.05) is 38.4 Å². The first-order valence-corrected chi connectivity index (χ1v) is 17.6. The fourth-order valence-corrected chi connectivity index (χ4v) is 5.22. The van der Waals surface area contributed by atoms with E-state index in [1.807, 2.05) is 0 Å². The lowest BCUT2D eigenvalue weighted by atomic mass is 9.94. The Morgan fingerprint density at radius 3 is 1.32 bits per heavy atom. The molecule has 0 heterocycles. The summed E-state index contributed by atoms with van der Waals surface area (Å²) in [4.78, 5) is 11.4. The lowest BCUT2D eigenvalue weighted by molar-refractivity contribution is -0.139. The highest BCUT2D eigenvalue weighted by Crippen LogP contribution is 2.20. The molecule has 0 saturated heterocycles. The first kappa shape index (κ1) is 39.1. The van der Waals surface area contributed by atoms with Gasteiger partial charge in [-0.25, -0.2) is 4.79 Å². The van der Waals surface area contributed by atoms with Gasteiger partial charge in [0.15, 0.2) is 0 Å². The van der Waals surface area contributed by atoms with E-state index >= 15 is 0 Å². The monoisotopic (exact) mass is 567 g/mol. The van der Waals surface area contributed by atoms with Crippen molar-refractivity contribution in [3.05, 3.63) is 12.2 Å². The predicted molar refractivity (Wildman–Crippen MR) is 173 cm³/mol. The molecule has 0 aromatic carbocycles. The van der Waals surface area contributed by atoms with Crippen LogP contribution in [0.3, 0.4) is 0 Å². The van der Waals surface area contributed by atoms with Crippen molar-refractivity contribution in [3.63, 3.8) is 0 Å². The lowest BCUT2D eigenvalue weighted by Gasteiger charge is -2.17. The fourth-order valence-electron chi connectivity index (χ4n) is 5.22. The first-order chi connectivity index (χ1) is 19.6. The standard InChI is InChI=1S/C36H70O4/c1-5-7-9-11-13-15-16-17-18-20-22-24-28-35(27-23-21-19-14-12-10-8-6-2)33-39-31-25-29-38-30-26-32-40-36(37)34(3)4/h35H,3,5-33H2,1-2,4H3. The number of rotatable bonds is 33. The summed E-state index contributed by atoms with van der Waals surface area (Å²) in [5.41, 5.74) is 0.442. The van der Waals surface area contributed by atoms with Crippen LogP contribution in [0.1, 0.15) is 175 Å². The molecule has 0 fully saturated rings. The van der Waals surface area contributed by atoms with E-state index in [-0.39, 0.29) is 5.97 Å². The van der Waals surface area contributed by atoms with E-state index in [1.54, 1.807) is 6.92 Å². The van der Waals surface area contributed by atoms with Crippen LogP contribution in [0.5, 0.6) is 0 Å². The smallest absolute Gasteiger partial charge is 0.333 e. The Balaban J connectivity index is 3.91. The second-order valence-corrected chi connectivity index (χ2v) is 12.1. The minimum atomic E-state index is -0.321. The Kier molecular flexibility index (Phi) is 31.9. The molecule has 238 valence electrons. The number of esters is 1. The number of hydrogen-bond donors (Lipinski definition) is 0. The van der Waals surface area contributed by atoms with Gasteiger partial charge in [-0.15, -0.1) is 0 Å². The molecule has 0 rings (SSSR count). The predicted octanol–water partition coefficient (Wildman–Crippen LogP) is 11.2. The average Bonchev–Trinajstić information content (AvgIpc) is 2.95. The molecule has 0 aromatic heterocycles. The largest absolute Gasteiger partial charge is 0.462 e. The third kappa shape index (κ3) is 30.1. The molecule has 0 aliphatic heterocycles. The minimum Gasteiger partial charge on any atom is -0.462 e. The summed E-state index contributed by atoms with van der Waals surface area (Å²) in [6, 6.07) is 0. The highest BCUT2D eigenvalue weighted by Gasteiger charge is 2.09. The van der Waals surface area contributed by atoms with Crippen LogP contribution in [0, 0.1) is 5.92 Å². The Morgan fingerprint density at radius 2 is 0.900 bits per heavy atom. The van der Waals surface area contributed by atoms with Gasteiger partial charge in [-0.1, -0.05) is 149 Å². The van der Waals surface area contributed by atoms with Gasteiger partial charge in [-0.3, -0.25) is 0 Å². The molecule has 0 spiro atoms. The molecule has 0 aliphatic rings. The summed E-state index contributed by atoms with van der Waals surface area (Å²) in [7, 11) is 0. The SMILES string of the molecule is C=C(C)C(=O)OCCCOCCCOCC(CCCCCCCCCC)CCCCCCCCCCCCCC.